The second-order valence-electron chi connectivity index (χ2n) is 6.09. The Labute approximate surface area is 131 Å². The predicted molar refractivity (Wildman–Crippen MR) is 92.0 cm³/mol. The Morgan fingerprint density at radius 1 is 1.14 bits per heavy atom. The van der Waals surface area contributed by atoms with Gasteiger partial charge in [0.05, 0.1) is 5.39 Å². The normalized spacial score (nSPS) is 11.3. The Hall–Kier alpha value is -2.36. The summed E-state index contributed by atoms with van der Waals surface area (Å²) in [4.78, 5) is 12.7. The van der Waals surface area contributed by atoms with E-state index < -0.39 is 0 Å². The van der Waals surface area contributed by atoms with Crippen LogP contribution in [0.15, 0.2) is 36.4 Å². The number of fused-ring (bicyclic) bond motifs is 1. The highest BCUT2D eigenvalue weighted by Gasteiger charge is 2.11. The van der Waals surface area contributed by atoms with E-state index in [4.69, 9.17) is 4.98 Å². The van der Waals surface area contributed by atoms with E-state index in [1.165, 1.54) is 0 Å². The van der Waals surface area contributed by atoms with Gasteiger partial charge in [0.1, 0.15) is 11.5 Å². The van der Waals surface area contributed by atoms with Crippen molar-refractivity contribution in [3.05, 3.63) is 42.1 Å². The molecule has 22 heavy (non-hydrogen) atoms. The molecule has 1 aromatic carbocycles. The van der Waals surface area contributed by atoms with E-state index in [2.05, 4.69) is 35.2 Å². The maximum absolute atomic E-state index is 4.74. The molecule has 0 unspecified atom stereocenters. The van der Waals surface area contributed by atoms with Crippen LogP contribution in [0.25, 0.3) is 22.4 Å². The topological polar surface area (TPSA) is 53.6 Å². The fourth-order valence-electron chi connectivity index (χ4n) is 2.47. The maximum atomic E-state index is 4.74. The molecule has 0 fully saturated rings. The summed E-state index contributed by atoms with van der Waals surface area (Å²) in [5.41, 5.74) is 3.02. The first-order valence-corrected chi connectivity index (χ1v) is 7.80. The van der Waals surface area contributed by atoms with Gasteiger partial charge in [0.25, 0.3) is 0 Å². The maximum Gasteiger partial charge on any atom is 0.163 e. The smallest absolute Gasteiger partial charge is 0.163 e. The first-order valence-electron chi connectivity index (χ1n) is 7.80. The van der Waals surface area contributed by atoms with Crippen LogP contribution in [0.1, 0.15) is 26.0 Å². The van der Waals surface area contributed by atoms with Crippen molar-refractivity contribution < 1.29 is 0 Å². The van der Waals surface area contributed by atoms with Crippen LogP contribution < -0.4 is 5.32 Å². The second-order valence-corrected chi connectivity index (χ2v) is 6.09. The standard InChI is InChI=1S/C18H22N4/c1-12(2)9-10-19-17-15-11-13(3)20-18(15)22-16(21-17)14-7-5-4-6-8-14/h4-8,11-12H,9-10H2,1-3H3,(H2,19,20,21,22). The van der Waals surface area contributed by atoms with Crippen LogP contribution in [0.4, 0.5) is 5.82 Å². The van der Waals surface area contributed by atoms with Gasteiger partial charge in [-0.15, -0.1) is 0 Å². The molecule has 2 heterocycles. The summed E-state index contributed by atoms with van der Waals surface area (Å²) >= 11 is 0. The molecule has 0 aliphatic carbocycles. The third kappa shape index (κ3) is 3.11. The van der Waals surface area contributed by atoms with Crippen molar-refractivity contribution in [3.63, 3.8) is 0 Å². The third-order valence-corrected chi connectivity index (χ3v) is 3.67. The summed E-state index contributed by atoms with van der Waals surface area (Å²) in [7, 11) is 0. The molecule has 114 valence electrons. The molecule has 0 atom stereocenters. The average Bonchev–Trinajstić information content (AvgIpc) is 2.88. The number of aromatic nitrogens is 3. The van der Waals surface area contributed by atoms with Crippen molar-refractivity contribution in [2.45, 2.75) is 27.2 Å². The number of hydrogen-bond donors (Lipinski definition) is 2. The Balaban J connectivity index is 2.00. The minimum atomic E-state index is 0.673. The highest BCUT2D eigenvalue weighted by atomic mass is 15.1. The molecular formula is C18H22N4. The minimum absolute atomic E-state index is 0.673. The van der Waals surface area contributed by atoms with Gasteiger partial charge in [-0.1, -0.05) is 44.2 Å². The molecule has 3 aromatic rings. The van der Waals surface area contributed by atoms with Gasteiger partial charge in [-0.05, 0) is 25.3 Å². The van der Waals surface area contributed by atoms with Crippen LogP contribution in [-0.2, 0) is 0 Å². The molecule has 0 saturated heterocycles. The first-order chi connectivity index (χ1) is 10.6. The van der Waals surface area contributed by atoms with Gasteiger partial charge in [0, 0.05) is 17.8 Å². The second kappa shape index (κ2) is 6.18. The van der Waals surface area contributed by atoms with Crippen molar-refractivity contribution in [1.82, 2.24) is 15.0 Å². The summed E-state index contributed by atoms with van der Waals surface area (Å²) in [6, 6.07) is 12.2. The van der Waals surface area contributed by atoms with Crippen molar-refractivity contribution in [2.75, 3.05) is 11.9 Å². The molecular weight excluding hydrogens is 272 g/mol. The number of H-pyrrole nitrogens is 1. The van der Waals surface area contributed by atoms with Crippen molar-refractivity contribution >= 4 is 16.9 Å². The molecule has 0 aliphatic heterocycles. The van der Waals surface area contributed by atoms with Crippen molar-refractivity contribution in [2.24, 2.45) is 5.92 Å². The molecule has 3 rings (SSSR count). The van der Waals surface area contributed by atoms with E-state index in [1.54, 1.807) is 0 Å². The van der Waals surface area contributed by atoms with Crippen LogP contribution in [-0.4, -0.2) is 21.5 Å². The summed E-state index contributed by atoms with van der Waals surface area (Å²) < 4.78 is 0. The van der Waals surface area contributed by atoms with Gasteiger partial charge >= 0.3 is 0 Å². The highest BCUT2D eigenvalue weighted by molar-refractivity contribution is 5.89. The van der Waals surface area contributed by atoms with Gasteiger partial charge in [-0.25, -0.2) is 9.97 Å². The Morgan fingerprint density at radius 3 is 2.64 bits per heavy atom. The molecule has 4 nitrogen and oxygen atoms in total. The number of hydrogen-bond acceptors (Lipinski definition) is 3. The van der Waals surface area contributed by atoms with Gasteiger partial charge < -0.3 is 10.3 Å². The van der Waals surface area contributed by atoms with Crippen LogP contribution in [0.3, 0.4) is 0 Å². The van der Waals surface area contributed by atoms with Crippen molar-refractivity contribution in [1.29, 1.82) is 0 Å². The molecule has 0 aliphatic rings. The lowest BCUT2D eigenvalue weighted by molar-refractivity contribution is 0.607. The number of aryl methyl sites for hydroxylation is 1. The lowest BCUT2D eigenvalue weighted by atomic mass is 10.1. The summed E-state index contributed by atoms with van der Waals surface area (Å²) in [5.74, 6) is 2.34. The van der Waals surface area contributed by atoms with E-state index in [0.717, 1.165) is 46.9 Å². The minimum Gasteiger partial charge on any atom is -0.369 e. The van der Waals surface area contributed by atoms with Crippen molar-refractivity contribution in [3.8, 4) is 11.4 Å². The van der Waals surface area contributed by atoms with Crippen LogP contribution in [0.5, 0.6) is 0 Å². The molecule has 4 heteroatoms. The van der Waals surface area contributed by atoms with E-state index in [1.807, 2.05) is 37.3 Å². The van der Waals surface area contributed by atoms with E-state index in [-0.39, 0.29) is 0 Å². The molecule has 0 amide bonds. The SMILES string of the molecule is Cc1cc2c(NCCC(C)C)nc(-c3ccccc3)nc2[nH]1. The number of anilines is 1. The zero-order chi connectivity index (χ0) is 15.5. The van der Waals surface area contributed by atoms with E-state index in [9.17, 15) is 0 Å². The fraction of sp³-hybridized carbons (Fsp3) is 0.333. The number of nitrogens with one attached hydrogen (secondary N) is 2. The van der Waals surface area contributed by atoms with Gasteiger partial charge in [-0.3, -0.25) is 0 Å². The Kier molecular flexibility index (Phi) is 4.09. The number of rotatable bonds is 5. The highest BCUT2D eigenvalue weighted by Crippen LogP contribution is 2.25. The monoisotopic (exact) mass is 294 g/mol. The van der Waals surface area contributed by atoms with Crippen LogP contribution >= 0.6 is 0 Å². The van der Waals surface area contributed by atoms with E-state index in [0.29, 0.717) is 5.92 Å². The van der Waals surface area contributed by atoms with Crippen LogP contribution in [0, 0.1) is 12.8 Å². The average molecular weight is 294 g/mol. The molecule has 2 N–H and O–H groups in total. The first kappa shape index (κ1) is 14.6. The number of benzene rings is 1. The number of aromatic amines is 1. The molecule has 0 radical (unpaired) electrons. The molecule has 2 aromatic heterocycles. The summed E-state index contributed by atoms with van der Waals surface area (Å²) in [6.45, 7) is 7.42. The summed E-state index contributed by atoms with van der Waals surface area (Å²) in [6.07, 6.45) is 1.12. The summed E-state index contributed by atoms with van der Waals surface area (Å²) in [5, 5.41) is 4.53. The van der Waals surface area contributed by atoms with Gasteiger partial charge in [0.2, 0.25) is 0 Å². The van der Waals surface area contributed by atoms with Gasteiger partial charge in [0.15, 0.2) is 5.82 Å². The third-order valence-electron chi connectivity index (χ3n) is 3.67. The molecule has 0 spiro atoms. The number of nitrogens with zero attached hydrogens (tertiary/aromatic N) is 2. The lowest BCUT2D eigenvalue weighted by Gasteiger charge is -2.10. The largest absolute Gasteiger partial charge is 0.369 e. The van der Waals surface area contributed by atoms with E-state index >= 15 is 0 Å². The molecule has 0 bridgehead atoms. The zero-order valence-corrected chi connectivity index (χ0v) is 13.4. The van der Waals surface area contributed by atoms with Gasteiger partial charge in [-0.2, -0.15) is 0 Å². The fourth-order valence-corrected chi connectivity index (χ4v) is 2.47. The Morgan fingerprint density at radius 2 is 1.91 bits per heavy atom. The zero-order valence-electron chi connectivity index (χ0n) is 13.4. The predicted octanol–water partition coefficient (Wildman–Crippen LogP) is 4.39. The lowest BCUT2D eigenvalue weighted by Crippen LogP contribution is -2.07. The quantitative estimate of drug-likeness (QED) is 0.733. The Bertz CT molecular complexity index is 759. The molecule has 0 saturated carbocycles. The van der Waals surface area contributed by atoms with Crippen LogP contribution in [0.2, 0.25) is 0 Å².